The summed E-state index contributed by atoms with van der Waals surface area (Å²) in [6, 6.07) is 12.4. The number of aromatic carboxylic acids is 1. The van der Waals surface area contributed by atoms with Crippen LogP contribution in [-0.2, 0) is 11.2 Å². The van der Waals surface area contributed by atoms with Crippen LogP contribution in [0, 0.1) is 0 Å². The third-order valence-corrected chi connectivity index (χ3v) is 4.74. The minimum Gasteiger partial charge on any atom is -0.477 e. The molecule has 1 aromatic heterocycles. The van der Waals surface area contributed by atoms with Crippen LogP contribution >= 0.6 is 0 Å². The Hall–Kier alpha value is -2.73. The number of hydrogen-bond acceptors (Lipinski definition) is 4. The minimum absolute atomic E-state index is 0.0702. The van der Waals surface area contributed by atoms with Crippen molar-refractivity contribution >= 4 is 11.9 Å². The standard InChI is InChI=1S/C20H22N2O4/c1-13(12-26-2)22(18-11-10-14-6-3-4-7-15(14)18)19(23)16-8-5-9-17(21-16)20(24)25/h3-9,13,18H,10-12H2,1-2H3,(H,24,25). The van der Waals surface area contributed by atoms with E-state index >= 15 is 0 Å². The summed E-state index contributed by atoms with van der Waals surface area (Å²) in [6.45, 7) is 2.33. The smallest absolute Gasteiger partial charge is 0.354 e. The van der Waals surface area contributed by atoms with Crippen molar-refractivity contribution in [3.63, 3.8) is 0 Å². The SMILES string of the molecule is COCC(C)N(C(=O)c1cccc(C(=O)O)n1)C1CCc2ccccc21. The van der Waals surface area contributed by atoms with Gasteiger partial charge in [0.2, 0.25) is 0 Å². The second-order valence-corrected chi connectivity index (χ2v) is 6.48. The number of aromatic nitrogens is 1. The molecule has 1 N–H and O–H groups in total. The molecule has 0 spiro atoms. The Morgan fingerprint density at radius 1 is 1.23 bits per heavy atom. The molecule has 1 aliphatic rings. The number of rotatable bonds is 6. The van der Waals surface area contributed by atoms with Crippen molar-refractivity contribution in [1.29, 1.82) is 0 Å². The molecule has 3 rings (SSSR count). The van der Waals surface area contributed by atoms with E-state index in [4.69, 9.17) is 9.84 Å². The van der Waals surface area contributed by atoms with Crippen LogP contribution in [0.1, 0.15) is 51.5 Å². The zero-order chi connectivity index (χ0) is 18.7. The molecule has 0 aliphatic heterocycles. The van der Waals surface area contributed by atoms with Gasteiger partial charge in [-0.15, -0.1) is 0 Å². The topological polar surface area (TPSA) is 79.7 Å². The van der Waals surface area contributed by atoms with E-state index in [1.807, 2.05) is 25.1 Å². The summed E-state index contributed by atoms with van der Waals surface area (Å²) < 4.78 is 5.27. The third-order valence-electron chi connectivity index (χ3n) is 4.74. The van der Waals surface area contributed by atoms with Crippen LogP contribution < -0.4 is 0 Å². The molecule has 2 aromatic rings. The van der Waals surface area contributed by atoms with Gasteiger partial charge < -0.3 is 14.7 Å². The summed E-state index contributed by atoms with van der Waals surface area (Å²) in [5.74, 6) is -1.43. The molecule has 0 radical (unpaired) electrons. The van der Waals surface area contributed by atoms with Crippen molar-refractivity contribution in [1.82, 2.24) is 9.88 Å². The van der Waals surface area contributed by atoms with Crippen LogP contribution in [-0.4, -0.2) is 46.6 Å². The molecule has 0 saturated carbocycles. The van der Waals surface area contributed by atoms with E-state index < -0.39 is 5.97 Å². The Labute approximate surface area is 152 Å². The normalized spacial score (nSPS) is 16.8. The molecule has 26 heavy (non-hydrogen) atoms. The van der Waals surface area contributed by atoms with Gasteiger partial charge in [-0.05, 0) is 43.0 Å². The number of ether oxygens (including phenoxy) is 1. The molecular weight excluding hydrogens is 332 g/mol. The summed E-state index contributed by atoms with van der Waals surface area (Å²) in [5.41, 5.74) is 2.38. The summed E-state index contributed by atoms with van der Waals surface area (Å²) >= 11 is 0. The van der Waals surface area contributed by atoms with Gasteiger partial charge in [-0.1, -0.05) is 30.3 Å². The first-order valence-electron chi connectivity index (χ1n) is 8.62. The van der Waals surface area contributed by atoms with E-state index in [2.05, 4.69) is 11.1 Å². The van der Waals surface area contributed by atoms with Gasteiger partial charge in [-0.25, -0.2) is 9.78 Å². The fourth-order valence-electron chi connectivity index (χ4n) is 3.60. The van der Waals surface area contributed by atoms with Gasteiger partial charge in [0.1, 0.15) is 11.4 Å². The number of benzene rings is 1. The van der Waals surface area contributed by atoms with Crippen LogP contribution in [0.2, 0.25) is 0 Å². The van der Waals surface area contributed by atoms with Gasteiger partial charge >= 0.3 is 5.97 Å². The highest BCUT2D eigenvalue weighted by Crippen LogP contribution is 2.37. The Kier molecular flexibility index (Phi) is 5.32. The first-order chi connectivity index (χ1) is 12.5. The molecule has 0 bridgehead atoms. The predicted molar refractivity (Wildman–Crippen MR) is 96.2 cm³/mol. The number of methoxy groups -OCH3 is 1. The molecule has 0 saturated heterocycles. The van der Waals surface area contributed by atoms with Crippen molar-refractivity contribution in [3.8, 4) is 0 Å². The quantitative estimate of drug-likeness (QED) is 0.863. The molecule has 6 heteroatoms. The lowest BCUT2D eigenvalue weighted by molar-refractivity contribution is 0.0424. The molecule has 1 aliphatic carbocycles. The summed E-state index contributed by atoms with van der Waals surface area (Å²) in [7, 11) is 1.60. The average molecular weight is 354 g/mol. The van der Waals surface area contributed by atoms with Crippen LogP contribution in [0.3, 0.4) is 0 Å². The van der Waals surface area contributed by atoms with E-state index in [-0.39, 0.29) is 29.4 Å². The van der Waals surface area contributed by atoms with Crippen LogP contribution in [0.25, 0.3) is 0 Å². The number of hydrogen-bond donors (Lipinski definition) is 1. The van der Waals surface area contributed by atoms with Crippen molar-refractivity contribution < 1.29 is 19.4 Å². The number of carboxylic acid groups (broad SMARTS) is 1. The maximum atomic E-state index is 13.2. The van der Waals surface area contributed by atoms with E-state index in [1.54, 1.807) is 24.1 Å². The summed E-state index contributed by atoms with van der Waals surface area (Å²) in [4.78, 5) is 30.3. The number of fused-ring (bicyclic) bond motifs is 1. The highest BCUT2D eigenvalue weighted by Gasteiger charge is 2.35. The molecule has 1 aromatic carbocycles. The first-order valence-corrected chi connectivity index (χ1v) is 8.62. The molecule has 2 atom stereocenters. The number of aryl methyl sites for hydroxylation is 1. The largest absolute Gasteiger partial charge is 0.477 e. The number of nitrogens with zero attached hydrogens (tertiary/aromatic N) is 2. The second-order valence-electron chi connectivity index (χ2n) is 6.48. The lowest BCUT2D eigenvalue weighted by Gasteiger charge is -2.34. The van der Waals surface area contributed by atoms with Crippen molar-refractivity contribution in [2.75, 3.05) is 13.7 Å². The van der Waals surface area contributed by atoms with Crippen LogP contribution in [0.15, 0.2) is 42.5 Å². The maximum absolute atomic E-state index is 13.2. The van der Waals surface area contributed by atoms with E-state index in [9.17, 15) is 9.59 Å². The molecule has 1 heterocycles. The van der Waals surface area contributed by atoms with Crippen molar-refractivity contribution in [3.05, 3.63) is 65.0 Å². The molecule has 1 amide bonds. The number of pyridine rings is 1. The fraction of sp³-hybridized carbons (Fsp3) is 0.350. The Morgan fingerprint density at radius 3 is 2.69 bits per heavy atom. The van der Waals surface area contributed by atoms with Gasteiger partial charge in [-0.3, -0.25) is 4.79 Å². The van der Waals surface area contributed by atoms with Crippen molar-refractivity contribution in [2.45, 2.75) is 31.8 Å². The molecular formula is C20H22N2O4. The second kappa shape index (κ2) is 7.66. The number of carboxylic acids is 1. The lowest BCUT2D eigenvalue weighted by Crippen LogP contribution is -2.43. The Bertz CT molecular complexity index is 821. The number of amides is 1. The highest BCUT2D eigenvalue weighted by molar-refractivity contribution is 5.94. The monoisotopic (exact) mass is 354 g/mol. The van der Waals surface area contributed by atoms with Gasteiger partial charge in [0.15, 0.2) is 0 Å². The molecule has 6 nitrogen and oxygen atoms in total. The predicted octanol–water partition coefficient (Wildman–Crippen LogP) is 2.94. The summed E-state index contributed by atoms with van der Waals surface area (Å²) in [6.07, 6.45) is 1.74. The molecule has 2 unspecified atom stereocenters. The fourth-order valence-corrected chi connectivity index (χ4v) is 3.60. The minimum atomic E-state index is -1.15. The van der Waals surface area contributed by atoms with Crippen LogP contribution in [0.4, 0.5) is 0 Å². The zero-order valence-corrected chi connectivity index (χ0v) is 14.9. The third kappa shape index (κ3) is 3.46. The van der Waals surface area contributed by atoms with E-state index in [0.717, 1.165) is 18.4 Å². The average Bonchev–Trinajstić information content (AvgIpc) is 3.06. The Balaban J connectivity index is 1.98. The maximum Gasteiger partial charge on any atom is 0.354 e. The number of carbonyl (C=O) groups is 2. The lowest BCUT2D eigenvalue weighted by atomic mass is 10.0. The van der Waals surface area contributed by atoms with Crippen LogP contribution in [0.5, 0.6) is 0 Å². The first kappa shape index (κ1) is 18.1. The van der Waals surface area contributed by atoms with Gasteiger partial charge in [0.05, 0.1) is 18.7 Å². The van der Waals surface area contributed by atoms with Gasteiger partial charge in [-0.2, -0.15) is 0 Å². The van der Waals surface area contributed by atoms with Gasteiger partial charge in [0, 0.05) is 7.11 Å². The highest BCUT2D eigenvalue weighted by atomic mass is 16.5. The van der Waals surface area contributed by atoms with Crippen molar-refractivity contribution in [2.24, 2.45) is 0 Å². The van der Waals surface area contributed by atoms with E-state index in [1.165, 1.54) is 11.6 Å². The number of carbonyl (C=O) groups excluding carboxylic acids is 1. The molecule has 136 valence electrons. The Morgan fingerprint density at radius 2 is 1.96 bits per heavy atom. The molecule has 0 fully saturated rings. The summed E-state index contributed by atoms with van der Waals surface area (Å²) in [5, 5.41) is 9.16. The van der Waals surface area contributed by atoms with E-state index in [0.29, 0.717) is 6.61 Å². The zero-order valence-electron chi connectivity index (χ0n) is 14.9. The van der Waals surface area contributed by atoms with Gasteiger partial charge in [0.25, 0.3) is 5.91 Å².